The summed E-state index contributed by atoms with van der Waals surface area (Å²) in [6.07, 6.45) is 1.68. The van der Waals surface area contributed by atoms with E-state index in [2.05, 4.69) is 25.3 Å². The van der Waals surface area contributed by atoms with Gasteiger partial charge in [-0.25, -0.2) is 27.2 Å². The first-order valence-corrected chi connectivity index (χ1v) is 13.9. The van der Waals surface area contributed by atoms with Crippen LogP contribution in [0.15, 0.2) is 48.1 Å². The Balaban J connectivity index is 1.57. The van der Waals surface area contributed by atoms with Crippen molar-refractivity contribution < 1.29 is 26.7 Å². The third kappa shape index (κ3) is 5.53. The highest BCUT2D eigenvalue weighted by Gasteiger charge is 2.27. The summed E-state index contributed by atoms with van der Waals surface area (Å²) in [6.45, 7) is 1.70. The number of fused-ring (bicyclic) bond motifs is 1. The standard InChI is InChI=1S/C25H25F2N5O4S2/c1-4-16(11-14-5-7-15(36-3)8-6-14)38(34,35)32-19-10-9-18(26)22(20(19)27)31-25(33)17-12-37-23-21(17)29-13-30-24(23)28-2/h5-10,12-13,16,32H,4,11H2,1-3H3,(H,31,33)(H,28,29,30). The minimum Gasteiger partial charge on any atom is -0.497 e. The molecule has 0 aliphatic rings. The zero-order valence-corrected chi connectivity index (χ0v) is 22.3. The van der Waals surface area contributed by atoms with Gasteiger partial charge in [-0.2, -0.15) is 0 Å². The van der Waals surface area contributed by atoms with Gasteiger partial charge in [-0.3, -0.25) is 9.52 Å². The Morgan fingerprint density at radius 1 is 1.13 bits per heavy atom. The fraction of sp³-hybridized carbons (Fsp3) is 0.240. The van der Waals surface area contributed by atoms with E-state index >= 15 is 4.39 Å². The summed E-state index contributed by atoms with van der Waals surface area (Å²) in [5.41, 5.74) is -0.0950. The molecule has 4 rings (SSSR count). The molecule has 1 amide bonds. The lowest BCUT2D eigenvalue weighted by Crippen LogP contribution is -2.30. The van der Waals surface area contributed by atoms with Crippen LogP contribution >= 0.6 is 11.3 Å². The number of amides is 1. The van der Waals surface area contributed by atoms with E-state index in [0.717, 1.165) is 17.7 Å². The number of halogens is 2. The summed E-state index contributed by atoms with van der Waals surface area (Å²) in [5.74, 6) is -1.97. The molecule has 2 heterocycles. The van der Waals surface area contributed by atoms with Gasteiger partial charge in [0.15, 0.2) is 5.82 Å². The monoisotopic (exact) mass is 561 g/mol. The molecule has 0 saturated heterocycles. The van der Waals surface area contributed by atoms with Gasteiger partial charge in [0.2, 0.25) is 10.0 Å². The van der Waals surface area contributed by atoms with Crippen LogP contribution in [0.3, 0.4) is 0 Å². The Morgan fingerprint density at radius 2 is 1.87 bits per heavy atom. The third-order valence-corrected chi connectivity index (χ3v) is 8.79. The fourth-order valence-electron chi connectivity index (χ4n) is 3.85. The predicted octanol–water partition coefficient (Wildman–Crippen LogP) is 5.04. The lowest BCUT2D eigenvalue weighted by molar-refractivity contribution is 0.102. The number of hydrogen-bond acceptors (Lipinski definition) is 8. The largest absolute Gasteiger partial charge is 0.497 e. The first-order chi connectivity index (χ1) is 18.2. The summed E-state index contributed by atoms with van der Waals surface area (Å²) < 4.78 is 64.1. The summed E-state index contributed by atoms with van der Waals surface area (Å²) in [4.78, 5) is 21.1. The number of nitrogens with zero attached hydrogens (tertiary/aromatic N) is 2. The second-order valence-corrected chi connectivity index (χ2v) is 11.1. The van der Waals surface area contributed by atoms with Crippen molar-refractivity contribution in [3.8, 4) is 5.75 Å². The quantitative estimate of drug-likeness (QED) is 0.248. The van der Waals surface area contributed by atoms with Gasteiger partial charge in [-0.15, -0.1) is 11.3 Å². The first-order valence-electron chi connectivity index (χ1n) is 11.5. The van der Waals surface area contributed by atoms with E-state index in [0.29, 0.717) is 21.8 Å². The number of methoxy groups -OCH3 is 1. The smallest absolute Gasteiger partial charge is 0.258 e. The van der Waals surface area contributed by atoms with Crippen molar-refractivity contribution >= 4 is 54.7 Å². The zero-order valence-electron chi connectivity index (χ0n) is 20.7. The number of ether oxygens (including phenoxy) is 1. The lowest BCUT2D eigenvalue weighted by Gasteiger charge is -2.19. The highest BCUT2D eigenvalue weighted by atomic mass is 32.2. The number of sulfonamides is 1. The second-order valence-electron chi connectivity index (χ2n) is 8.27. The average molecular weight is 562 g/mol. The molecule has 9 nitrogen and oxygen atoms in total. The van der Waals surface area contributed by atoms with E-state index < -0.39 is 44.2 Å². The molecule has 0 saturated carbocycles. The van der Waals surface area contributed by atoms with Crippen molar-refractivity contribution in [2.75, 3.05) is 29.5 Å². The Kier molecular flexibility index (Phi) is 8.07. The molecule has 0 radical (unpaired) electrons. The lowest BCUT2D eigenvalue weighted by atomic mass is 10.1. The average Bonchev–Trinajstić information content (AvgIpc) is 3.36. The van der Waals surface area contributed by atoms with Crippen molar-refractivity contribution in [3.05, 3.63) is 70.9 Å². The molecule has 2 aromatic carbocycles. The predicted molar refractivity (Wildman–Crippen MR) is 145 cm³/mol. The van der Waals surface area contributed by atoms with Gasteiger partial charge in [0.05, 0.1) is 33.8 Å². The van der Waals surface area contributed by atoms with Gasteiger partial charge in [-0.05, 0) is 42.7 Å². The maximum atomic E-state index is 15.3. The number of hydrogen-bond donors (Lipinski definition) is 3. The number of thiophene rings is 1. The molecule has 1 atom stereocenters. The number of rotatable bonds is 10. The SMILES string of the molecule is CCC(Cc1ccc(OC)cc1)S(=O)(=O)Nc1ccc(F)c(NC(=O)c2csc3c(NC)ncnc23)c1F. The van der Waals surface area contributed by atoms with Gasteiger partial charge >= 0.3 is 0 Å². The molecular weight excluding hydrogens is 536 g/mol. The normalized spacial score (nSPS) is 12.2. The van der Waals surface area contributed by atoms with E-state index in [1.807, 2.05) is 0 Å². The molecule has 4 aromatic rings. The van der Waals surface area contributed by atoms with E-state index in [-0.39, 0.29) is 18.4 Å². The number of aromatic nitrogens is 2. The topological polar surface area (TPSA) is 122 Å². The van der Waals surface area contributed by atoms with Crippen LogP contribution in [0.25, 0.3) is 10.2 Å². The molecule has 0 fully saturated rings. The zero-order chi connectivity index (χ0) is 27.4. The van der Waals surface area contributed by atoms with Crippen LogP contribution in [0.4, 0.5) is 26.0 Å². The van der Waals surface area contributed by atoms with Crippen LogP contribution in [0.1, 0.15) is 29.3 Å². The molecule has 38 heavy (non-hydrogen) atoms. The van der Waals surface area contributed by atoms with E-state index in [1.165, 1.54) is 30.2 Å². The molecule has 0 aliphatic heterocycles. The van der Waals surface area contributed by atoms with Crippen molar-refractivity contribution in [1.82, 2.24) is 9.97 Å². The van der Waals surface area contributed by atoms with Crippen molar-refractivity contribution in [2.24, 2.45) is 0 Å². The highest BCUT2D eigenvalue weighted by Crippen LogP contribution is 2.32. The third-order valence-electron chi connectivity index (χ3n) is 5.93. The van der Waals surface area contributed by atoms with Crippen LogP contribution in [-0.4, -0.2) is 43.7 Å². The minimum absolute atomic E-state index is 0.0965. The van der Waals surface area contributed by atoms with Gasteiger partial charge in [0.25, 0.3) is 5.91 Å². The maximum Gasteiger partial charge on any atom is 0.258 e. The Hall–Kier alpha value is -3.84. The number of nitrogens with one attached hydrogen (secondary N) is 3. The number of anilines is 3. The fourth-order valence-corrected chi connectivity index (χ4v) is 6.33. The van der Waals surface area contributed by atoms with Crippen molar-refractivity contribution in [1.29, 1.82) is 0 Å². The minimum atomic E-state index is -4.08. The van der Waals surface area contributed by atoms with Crippen LogP contribution < -0.4 is 20.1 Å². The summed E-state index contributed by atoms with van der Waals surface area (Å²) in [6, 6.07) is 8.81. The van der Waals surface area contributed by atoms with Crippen LogP contribution in [0.2, 0.25) is 0 Å². The number of carbonyl (C=O) groups excluding carboxylic acids is 1. The van der Waals surface area contributed by atoms with Crippen molar-refractivity contribution in [2.45, 2.75) is 25.0 Å². The molecule has 200 valence electrons. The Bertz CT molecular complexity index is 1580. The Labute approximate surface area is 222 Å². The van der Waals surface area contributed by atoms with E-state index in [4.69, 9.17) is 4.74 Å². The van der Waals surface area contributed by atoms with E-state index in [1.54, 1.807) is 38.2 Å². The maximum absolute atomic E-state index is 15.3. The van der Waals surface area contributed by atoms with Gasteiger partial charge in [0, 0.05) is 12.4 Å². The number of benzene rings is 2. The first kappa shape index (κ1) is 27.2. The van der Waals surface area contributed by atoms with Crippen LogP contribution in [0.5, 0.6) is 5.75 Å². The van der Waals surface area contributed by atoms with Crippen LogP contribution in [0, 0.1) is 11.6 Å². The van der Waals surface area contributed by atoms with E-state index in [9.17, 15) is 17.6 Å². The molecule has 13 heteroatoms. The van der Waals surface area contributed by atoms with Gasteiger partial charge in [-0.1, -0.05) is 19.1 Å². The molecule has 0 bridgehead atoms. The molecule has 0 aliphatic carbocycles. The summed E-state index contributed by atoms with van der Waals surface area (Å²) in [5, 5.41) is 5.72. The van der Waals surface area contributed by atoms with Crippen molar-refractivity contribution in [3.63, 3.8) is 0 Å². The van der Waals surface area contributed by atoms with Gasteiger partial charge in [0.1, 0.15) is 29.4 Å². The molecule has 2 aromatic heterocycles. The summed E-state index contributed by atoms with van der Waals surface area (Å²) >= 11 is 1.20. The molecule has 0 spiro atoms. The molecule has 1 unspecified atom stereocenters. The van der Waals surface area contributed by atoms with Gasteiger partial charge < -0.3 is 15.4 Å². The molecular formula is C25H25F2N5O4S2. The Morgan fingerprint density at radius 3 is 2.53 bits per heavy atom. The number of carbonyl (C=O) groups is 1. The van der Waals surface area contributed by atoms with Crippen LogP contribution in [-0.2, 0) is 16.4 Å². The summed E-state index contributed by atoms with van der Waals surface area (Å²) in [7, 11) is -0.882. The molecule has 3 N–H and O–H groups in total. The second kappa shape index (κ2) is 11.3. The highest BCUT2D eigenvalue weighted by molar-refractivity contribution is 7.93.